The molecule has 0 spiro atoms. The highest BCUT2D eigenvalue weighted by Crippen LogP contribution is 2.40. The number of rotatable bonds is 3. The van der Waals surface area contributed by atoms with Gasteiger partial charge in [-0.25, -0.2) is 4.99 Å². The molecule has 4 rings (SSSR count). The maximum absolute atomic E-state index is 13.2. The van der Waals surface area contributed by atoms with Crippen molar-refractivity contribution in [3.8, 4) is 11.1 Å². The minimum atomic E-state index is -1.16. The highest BCUT2D eigenvalue weighted by Gasteiger charge is 2.49. The molecule has 1 aromatic heterocycles. The molecule has 0 saturated carbocycles. The van der Waals surface area contributed by atoms with E-state index >= 15 is 0 Å². The SMILES string of the molecule is CN1C(=O)C(c2ccccc2)(c2cccc(-c3ccncc3)c2)N=C1N. The molecule has 2 heterocycles. The number of aliphatic imine (C=N–C) groups is 1. The summed E-state index contributed by atoms with van der Waals surface area (Å²) in [5.74, 6) is 0.0567. The first-order chi connectivity index (χ1) is 12.6. The van der Waals surface area contributed by atoms with Crippen LogP contribution in [0.25, 0.3) is 11.1 Å². The van der Waals surface area contributed by atoms with E-state index in [0.29, 0.717) is 0 Å². The number of guanidine groups is 1. The highest BCUT2D eigenvalue weighted by atomic mass is 16.2. The van der Waals surface area contributed by atoms with Crippen LogP contribution in [-0.4, -0.2) is 28.8 Å². The van der Waals surface area contributed by atoms with Crippen LogP contribution in [-0.2, 0) is 10.3 Å². The summed E-state index contributed by atoms with van der Waals surface area (Å²) in [5, 5.41) is 0. The Morgan fingerprint density at radius 2 is 1.58 bits per heavy atom. The molecule has 0 radical (unpaired) electrons. The van der Waals surface area contributed by atoms with Gasteiger partial charge < -0.3 is 5.73 Å². The Morgan fingerprint density at radius 3 is 2.23 bits per heavy atom. The summed E-state index contributed by atoms with van der Waals surface area (Å²) < 4.78 is 0. The largest absolute Gasteiger partial charge is 0.369 e. The van der Waals surface area contributed by atoms with Crippen molar-refractivity contribution < 1.29 is 4.79 Å². The van der Waals surface area contributed by atoms with Crippen LogP contribution in [0.2, 0.25) is 0 Å². The minimum absolute atomic E-state index is 0.159. The van der Waals surface area contributed by atoms with Gasteiger partial charge in [-0.15, -0.1) is 0 Å². The van der Waals surface area contributed by atoms with E-state index in [-0.39, 0.29) is 11.9 Å². The van der Waals surface area contributed by atoms with E-state index in [1.165, 1.54) is 4.90 Å². The average molecular weight is 342 g/mol. The minimum Gasteiger partial charge on any atom is -0.369 e. The fraction of sp³-hybridized carbons (Fsp3) is 0.0952. The molecule has 128 valence electrons. The summed E-state index contributed by atoms with van der Waals surface area (Å²) in [6.45, 7) is 0. The third kappa shape index (κ3) is 2.37. The van der Waals surface area contributed by atoms with Crippen LogP contribution < -0.4 is 5.73 Å². The van der Waals surface area contributed by atoms with E-state index in [0.717, 1.165) is 22.3 Å². The van der Waals surface area contributed by atoms with Crippen LogP contribution in [0, 0.1) is 0 Å². The predicted molar refractivity (Wildman–Crippen MR) is 101 cm³/mol. The van der Waals surface area contributed by atoms with E-state index < -0.39 is 5.54 Å². The van der Waals surface area contributed by atoms with Gasteiger partial charge in [0, 0.05) is 19.4 Å². The van der Waals surface area contributed by atoms with Gasteiger partial charge in [-0.1, -0.05) is 48.5 Å². The second kappa shape index (κ2) is 6.11. The first-order valence-electron chi connectivity index (χ1n) is 8.33. The van der Waals surface area contributed by atoms with Crippen LogP contribution >= 0.6 is 0 Å². The molecule has 5 nitrogen and oxygen atoms in total. The van der Waals surface area contributed by atoms with Gasteiger partial charge >= 0.3 is 0 Å². The zero-order chi connectivity index (χ0) is 18.1. The Bertz CT molecular complexity index is 985. The van der Waals surface area contributed by atoms with Crippen LogP contribution in [0.1, 0.15) is 11.1 Å². The third-order valence-electron chi connectivity index (χ3n) is 4.73. The number of pyridine rings is 1. The number of nitrogens with zero attached hydrogens (tertiary/aromatic N) is 3. The van der Waals surface area contributed by atoms with Gasteiger partial charge in [0.05, 0.1) is 0 Å². The van der Waals surface area contributed by atoms with E-state index in [4.69, 9.17) is 5.73 Å². The lowest BCUT2D eigenvalue weighted by molar-refractivity contribution is -0.129. The summed E-state index contributed by atoms with van der Waals surface area (Å²) >= 11 is 0. The molecule has 2 aromatic carbocycles. The molecule has 3 aromatic rings. The Hall–Kier alpha value is -3.47. The summed E-state index contributed by atoms with van der Waals surface area (Å²) in [7, 11) is 1.65. The van der Waals surface area contributed by atoms with Gasteiger partial charge in [0.1, 0.15) is 0 Å². The number of likely N-dealkylation sites (N-methyl/N-ethyl adjacent to an activating group) is 1. The number of amides is 1. The predicted octanol–water partition coefficient (Wildman–Crippen LogP) is 2.78. The van der Waals surface area contributed by atoms with Gasteiger partial charge in [-0.3, -0.25) is 14.7 Å². The van der Waals surface area contributed by atoms with E-state index in [1.54, 1.807) is 19.4 Å². The van der Waals surface area contributed by atoms with E-state index in [1.807, 2.05) is 66.7 Å². The second-order valence-electron chi connectivity index (χ2n) is 6.23. The monoisotopic (exact) mass is 342 g/mol. The number of aromatic nitrogens is 1. The molecule has 1 atom stereocenters. The maximum Gasteiger partial charge on any atom is 0.266 e. The van der Waals surface area contributed by atoms with Crippen molar-refractivity contribution in [1.82, 2.24) is 9.88 Å². The number of hydrogen-bond donors (Lipinski definition) is 1. The average Bonchev–Trinajstić information content (AvgIpc) is 2.94. The number of carbonyl (C=O) groups excluding carboxylic acids is 1. The lowest BCUT2D eigenvalue weighted by Crippen LogP contribution is -2.41. The first-order valence-corrected chi connectivity index (χ1v) is 8.33. The normalized spacial score (nSPS) is 19.5. The number of carbonyl (C=O) groups is 1. The van der Waals surface area contributed by atoms with Crippen molar-refractivity contribution in [2.45, 2.75) is 5.54 Å². The molecule has 0 saturated heterocycles. The molecule has 0 fully saturated rings. The maximum atomic E-state index is 13.2. The second-order valence-corrected chi connectivity index (χ2v) is 6.23. The van der Waals surface area contributed by atoms with Crippen molar-refractivity contribution in [3.05, 3.63) is 90.3 Å². The number of benzene rings is 2. The van der Waals surface area contributed by atoms with E-state index in [9.17, 15) is 4.79 Å². The van der Waals surface area contributed by atoms with Gasteiger partial charge in [0.2, 0.25) is 0 Å². The molecule has 1 amide bonds. The van der Waals surface area contributed by atoms with Gasteiger partial charge in [-0.2, -0.15) is 0 Å². The lowest BCUT2D eigenvalue weighted by atomic mass is 9.82. The summed E-state index contributed by atoms with van der Waals surface area (Å²) in [5.41, 5.74) is 8.46. The van der Waals surface area contributed by atoms with Gasteiger partial charge in [-0.05, 0) is 40.5 Å². The van der Waals surface area contributed by atoms with Crippen molar-refractivity contribution in [3.63, 3.8) is 0 Å². The molecular formula is C21H18N4O. The Labute approximate surface area is 151 Å². The molecule has 5 heteroatoms. The third-order valence-corrected chi connectivity index (χ3v) is 4.73. The van der Waals surface area contributed by atoms with Crippen molar-refractivity contribution in [1.29, 1.82) is 0 Å². The Balaban J connectivity index is 1.94. The van der Waals surface area contributed by atoms with Crippen LogP contribution in [0.4, 0.5) is 0 Å². The zero-order valence-electron chi connectivity index (χ0n) is 14.3. The van der Waals surface area contributed by atoms with Gasteiger partial charge in [0.15, 0.2) is 11.5 Å². The summed E-state index contributed by atoms with van der Waals surface area (Å²) in [4.78, 5) is 23.3. The first kappa shape index (κ1) is 16.0. The number of hydrogen-bond acceptors (Lipinski definition) is 4. The molecule has 0 bridgehead atoms. The topological polar surface area (TPSA) is 71.6 Å². The Kier molecular flexibility index (Phi) is 3.77. The fourth-order valence-electron chi connectivity index (χ4n) is 3.33. The molecule has 1 aliphatic heterocycles. The molecule has 2 N–H and O–H groups in total. The van der Waals surface area contributed by atoms with Crippen LogP contribution in [0.5, 0.6) is 0 Å². The van der Waals surface area contributed by atoms with Crippen LogP contribution in [0.15, 0.2) is 84.1 Å². The van der Waals surface area contributed by atoms with Crippen molar-refractivity contribution in [2.24, 2.45) is 10.7 Å². The van der Waals surface area contributed by atoms with Crippen molar-refractivity contribution >= 4 is 11.9 Å². The summed E-state index contributed by atoms with van der Waals surface area (Å²) in [6.07, 6.45) is 3.50. The smallest absolute Gasteiger partial charge is 0.266 e. The zero-order valence-corrected chi connectivity index (χ0v) is 14.3. The molecule has 0 aliphatic carbocycles. The quantitative estimate of drug-likeness (QED) is 0.795. The molecule has 1 aliphatic rings. The molecular weight excluding hydrogens is 324 g/mol. The lowest BCUT2D eigenvalue weighted by Gasteiger charge is -2.26. The highest BCUT2D eigenvalue weighted by molar-refractivity contribution is 6.09. The Morgan fingerprint density at radius 1 is 0.885 bits per heavy atom. The standard InChI is InChI=1S/C21H18N4O/c1-25-19(26)21(24-20(25)22,17-7-3-2-4-8-17)18-9-5-6-16(14-18)15-10-12-23-13-11-15/h2-14H,1H3,(H2,22,24). The van der Waals surface area contributed by atoms with Crippen molar-refractivity contribution in [2.75, 3.05) is 7.05 Å². The summed E-state index contributed by atoms with van der Waals surface area (Å²) in [6, 6.07) is 21.3. The van der Waals surface area contributed by atoms with E-state index in [2.05, 4.69) is 9.98 Å². The number of nitrogens with two attached hydrogens (primary N) is 1. The molecule has 26 heavy (non-hydrogen) atoms. The fourth-order valence-corrected chi connectivity index (χ4v) is 3.33. The van der Waals surface area contributed by atoms with Crippen LogP contribution in [0.3, 0.4) is 0 Å². The molecule has 1 unspecified atom stereocenters. The van der Waals surface area contributed by atoms with Gasteiger partial charge in [0.25, 0.3) is 5.91 Å².